The molecule has 0 amide bonds. The molecule has 2 aromatic heterocycles. The number of benzene rings is 2. The van der Waals surface area contributed by atoms with Crippen LogP contribution in [-0.4, -0.2) is 21.9 Å². The first kappa shape index (κ1) is 18.7. The minimum Gasteiger partial charge on any atom is -0.497 e. The molecule has 30 heavy (non-hydrogen) atoms. The monoisotopic (exact) mass is 409 g/mol. The van der Waals surface area contributed by atoms with E-state index in [0.29, 0.717) is 22.7 Å². The Labute approximate surface area is 170 Å². The number of hydrogen-bond donors (Lipinski definition) is 0. The molecule has 0 bridgehead atoms. The molecule has 0 spiro atoms. The van der Waals surface area contributed by atoms with Gasteiger partial charge in [0.1, 0.15) is 5.75 Å². The van der Waals surface area contributed by atoms with Crippen molar-refractivity contribution in [3.63, 3.8) is 0 Å². The number of alkyl halides is 3. The summed E-state index contributed by atoms with van der Waals surface area (Å²) in [5.74, 6) is 0.698. The molecular formula is C23H18F3N3O. The lowest BCUT2D eigenvalue weighted by Crippen LogP contribution is -2.08. The van der Waals surface area contributed by atoms with Crippen LogP contribution < -0.4 is 4.74 Å². The summed E-state index contributed by atoms with van der Waals surface area (Å²) in [6, 6.07) is 17.1. The Morgan fingerprint density at radius 1 is 1.00 bits per heavy atom. The van der Waals surface area contributed by atoms with Gasteiger partial charge in [-0.3, -0.25) is 0 Å². The second-order valence-corrected chi connectivity index (χ2v) is 7.39. The van der Waals surface area contributed by atoms with Crippen LogP contribution in [0.15, 0.2) is 60.7 Å². The van der Waals surface area contributed by atoms with E-state index in [4.69, 9.17) is 4.74 Å². The van der Waals surface area contributed by atoms with Crippen molar-refractivity contribution in [3.05, 3.63) is 71.9 Å². The highest BCUT2D eigenvalue weighted by molar-refractivity contribution is 5.87. The molecule has 1 fully saturated rings. The number of hydrogen-bond acceptors (Lipinski definition) is 3. The Kier molecular flexibility index (Phi) is 4.27. The Balaban J connectivity index is 1.82. The fourth-order valence-electron chi connectivity index (χ4n) is 3.67. The maximum atomic E-state index is 14.1. The SMILES string of the molecule is COc1ccc(-n2nc(C3CC3)c3c(C(F)(F)F)cc(-c4ccccc4)nc32)cc1. The number of pyridine rings is 1. The summed E-state index contributed by atoms with van der Waals surface area (Å²) >= 11 is 0. The van der Waals surface area contributed by atoms with E-state index in [1.165, 1.54) is 4.68 Å². The fraction of sp³-hybridized carbons (Fsp3) is 0.217. The lowest BCUT2D eigenvalue weighted by atomic mass is 10.0. The zero-order valence-corrected chi connectivity index (χ0v) is 16.1. The minimum absolute atomic E-state index is 0.0393. The van der Waals surface area contributed by atoms with Crippen LogP contribution in [-0.2, 0) is 6.18 Å². The minimum atomic E-state index is -4.51. The molecule has 1 aliphatic carbocycles. The normalized spacial score (nSPS) is 14.3. The summed E-state index contributed by atoms with van der Waals surface area (Å²) in [5.41, 5.74) is 1.54. The van der Waals surface area contributed by atoms with Crippen molar-refractivity contribution in [2.24, 2.45) is 0 Å². The maximum Gasteiger partial charge on any atom is 0.417 e. The van der Waals surface area contributed by atoms with E-state index in [1.54, 1.807) is 55.6 Å². The van der Waals surface area contributed by atoms with Crippen molar-refractivity contribution in [2.45, 2.75) is 24.9 Å². The molecule has 0 unspecified atom stereocenters. The highest BCUT2D eigenvalue weighted by atomic mass is 19.4. The number of nitrogens with zero attached hydrogens (tertiary/aromatic N) is 3. The first-order chi connectivity index (χ1) is 14.5. The molecule has 1 aliphatic rings. The van der Waals surface area contributed by atoms with Crippen molar-refractivity contribution in [1.29, 1.82) is 0 Å². The number of aromatic nitrogens is 3. The smallest absolute Gasteiger partial charge is 0.417 e. The molecule has 4 nitrogen and oxygen atoms in total. The van der Waals surface area contributed by atoms with Crippen molar-refractivity contribution in [1.82, 2.24) is 14.8 Å². The Hall–Kier alpha value is -3.35. The average molecular weight is 409 g/mol. The number of ether oxygens (including phenoxy) is 1. The van der Waals surface area contributed by atoms with E-state index in [9.17, 15) is 13.2 Å². The molecule has 0 aliphatic heterocycles. The molecule has 5 rings (SSSR count). The molecule has 7 heteroatoms. The van der Waals surface area contributed by atoms with Crippen LogP contribution in [0.4, 0.5) is 13.2 Å². The van der Waals surface area contributed by atoms with Crippen LogP contribution in [0.5, 0.6) is 5.75 Å². The molecule has 2 aromatic carbocycles. The van der Waals surface area contributed by atoms with Gasteiger partial charge in [-0.2, -0.15) is 18.3 Å². The molecule has 4 aromatic rings. The summed E-state index contributed by atoms with van der Waals surface area (Å²) in [6.07, 6.45) is -2.83. The van der Waals surface area contributed by atoms with Gasteiger partial charge in [-0.15, -0.1) is 0 Å². The quantitative estimate of drug-likeness (QED) is 0.416. The molecule has 0 radical (unpaired) electrons. The third kappa shape index (κ3) is 3.20. The average Bonchev–Trinajstić information content (AvgIpc) is 3.53. The topological polar surface area (TPSA) is 39.9 Å². The highest BCUT2D eigenvalue weighted by Crippen LogP contribution is 2.47. The van der Waals surface area contributed by atoms with Gasteiger partial charge in [0.05, 0.1) is 35.1 Å². The lowest BCUT2D eigenvalue weighted by molar-refractivity contribution is -0.136. The second-order valence-electron chi connectivity index (χ2n) is 7.39. The van der Waals surface area contributed by atoms with Gasteiger partial charge < -0.3 is 4.74 Å². The van der Waals surface area contributed by atoms with E-state index in [0.717, 1.165) is 18.9 Å². The number of methoxy groups -OCH3 is 1. The van der Waals surface area contributed by atoms with E-state index < -0.39 is 11.7 Å². The van der Waals surface area contributed by atoms with Crippen LogP contribution in [0.3, 0.4) is 0 Å². The molecule has 152 valence electrons. The van der Waals surface area contributed by atoms with Crippen LogP contribution in [0.2, 0.25) is 0 Å². The van der Waals surface area contributed by atoms with Crippen molar-refractivity contribution in [3.8, 4) is 22.7 Å². The lowest BCUT2D eigenvalue weighted by Gasteiger charge is -2.12. The van der Waals surface area contributed by atoms with Gasteiger partial charge in [-0.1, -0.05) is 30.3 Å². The van der Waals surface area contributed by atoms with Crippen molar-refractivity contribution < 1.29 is 17.9 Å². The third-order valence-electron chi connectivity index (χ3n) is 5.32. The molecule has 2 heterocycles. The van der Waals surface area contributed by atoms with Gasteiger partial charge >= 0.3 is 6.18 Å². The first-order valence-corrected chi connectivity index (χ1v) is 9.66. The second kappa shape index (κ2) is 6.86. The maximum absolute atomic E-state index is 14.1. The number of fused-ring (bicyclic) bond motifs is 1. The Morgan fingerprint density at radius 2 is 1.70 bits per heavy atom. The highest BCUT2D eigenvalue weighted by Gasteiger charge is 2.39. The number of halogens is 3. The molecular weight excluding hydrogens is 391 g/mol. The van der Waals surface area contributed by atoms with Crippen LogP contribution >= 0.6 is 0 Å². The van der Waals surface area contributed by atoms with E-state index >= 15 is 0 Å². The van der Waals surface area contributed by atoms with Gasteiger partial charge in [0, 0.05) is 11.5 Å². The van der Waals surface area contributed by atoms with Crippen molar-refractivity contribution in [2.75, 3.05) is 7.11 Å². The Morgan fingerprint density at radius 3 is 2.30 bits per heavy atom. The first-order valence-electron chi connectivity index (χ1n) is 9.66. The zero-order chi connectivity index (χ0) is 20.9. The molecule has 0 N–H and O–H groups in total. The summed E-state index contributed by atoms with van der Waals surface area (Å²) in [7, 11) is 1.56. The van der Waals surface area contributed by atoms with Crippen LogP contribution in [0.25, 0.3) is 28.0 Å². The summed E-state index contributed by atoms with van der Waals surface area (Å²) in [4.78, 5) is 4.64. The standard InChI is InChI=1S/C23H18F3N3O/c1-30-17-11-9-16(10-12-17)29-22-20(21(28-29)15-7-8-15)18(23(24,25)26)13-19(27-22)14-5-3-2-4-6-14/h2-6,9-13,15H,7-8H2,1H3. The van der Waals surface area contributed by atoms with Crippen LogP contribution in [0, 0.1) is 0 Å². The number of rotatable bonds is 4. The zero-order valence-electron chi connectivity index (χ0n) is 16.1. The summed E-state index contributed by atoms with van der Waals surface area (Å²) < 4.78 is 49.0. The molecule has 0 saturated heterocycles. The third-order valence-corrected chi connectivity index (χ3v) is 5.32. The van der Waals surface area contributed by atoms with Crippen molar-refractivity contribution >= 4 is 11.0 Å². The molecule has 0 atom stereocenters. The fourth-order valence-corrected chi connectivity index (χ4v) is 3.67. The van der Waals surface area contributed by atoms with Gasteiger partial charge in [0.25, 0.3) is 0 Å². The predicted octanol–water partition coefficient (Wildman–Crippen LogP) is 5.99. The Bertz CT molecular complexity index is 1210. The van der Waals surface area contributed by atoms with Gasteiger partial charge in [-0.05, 0) is 43.2 Å². The summed E-state index contributed by atoms with van der Waals surface area (Å²) in [6.45, 7) is 0. The van der Waals surface area contributed by atoms with E-state index in [-0.39, 0.29) is 22.6 Å². The van der Waals surface area contributed by atoms with Gasteiger partial charge in [0.15, 0.2) is 5.65 Å². The summed E-state index contributed by atoms with van der Waals surface area (Å²) in [5, 5.41) is 4.70. The van der Waals surface area contributed by atoms with Crippen LogP contribution in [0.1, 0.15) is 30.0 Å². The largest absolute Gasteiger partial charge is 0.497 e. The predicted molar refractivity (Wildman–Crippen MR) is 108 cm³/mol. The van der Waals surface area contributed by atoms with E-state index in [2.05, 4.69) is 10.1 Å². The van der Waals surface area contributed by atoms with Gasteiger partial charge in [-0.25, -0.2) is 9.67 Å². The molecule has 1 saturated carbocycles. The van der Waals surface area contributed by atoms with E-state index in [1.807, 2.05) is 6.07 Å². The van der Waals surface area contributed by atoms with Gasteiger partial charge in [0.2, 0.25) is 0 Å².